The highest BCUT2D eigenvalue weighted by Gasteiger charge is 2.40. The van der Waals surface area contributed by atoms with Gasteiger partial charge in [0.25, 0.3) is 0 Å². The van der Waals surface area contributed by atoms with Crippen molar-refractivity contribution in [1.82, 2.24) is 24.2 Å². The molecule has 250 valence electrons. The summed E-state index contributed by atoms with van der Waals surface area (Å²) >= 11 is 0. The van der Waals surface area contributed by atoms with E-state index in [0.29, 0.717) is 47.5 Å². The largest absolute Gasteiger partial charge is 0.487 e. The molecule has 1 fully saturated rings. The van der Waals surface area contributed by atoms with E-state index in [1.807, 2.05) is 32.0 Å². The zero-order valence-corrected chi connectivity index (χ0v) is 27.5. The number of likely N-dealkylation sites (tertiary alicyclic amines) is 1. The van der Waals surface area contributed by atoms with E-state index in [4.69, 9.17) is 15.2 Å². The Labute approximate surface area is 270 Å². The van der Waals surface area contributed by atoms with Crippen molar-refractivity contribution in [2.24, 2.45) is 17.1 Å². The summed E-state index contributed by atoms with van der Waals surface area (Å²) < 4.78 is 38.5. The number of piperidine rings is 1. The Morgan fingerprint density at radius 2 is 1.89 bits per heavy atom. The molecule has 0 aliphatic carbocycles. The average molecular weight is 657 g/mol. The molecule has 0 radical (unpaired) electrons. The molecule has 0 bridgehead atoms. The first-order chi connectivity index (χ1) is 21.8. The summed E-state index contributed by atoms with van der Waals surface area (Å²) in [5, 5.41) is 18.7. The topological polar surface area (TPSA) is 176 Å². The summed E-state index contributed by atoms with van der Waals surface area (Å²) in [6.45, 7) is 9.47. The van der Waals surface area contributed by atoms with Gasteiger partial charge in [-0.25, -0.2) is 4.79 Å². The van der Waals surface area contributed by atoms with E-state index < -0.39 is 34.3 Å². The second-order valence-corrected chi connectivity index (χ2v) is 14.8. The van der Waals surface area contributed by atoms with Gasteiger partial charge in [-0.1, -0.05) is 35.5 Å². The number of aromatic nitrogens is 3. The predicted molar refractivity (Wildman–Crippen MR) is 172 cm³/mol. The van der Waals surface area contributed by atoms with Gasteiger partial charge in [0.15, 0.2) is 0 Å². The lowest BCUT2D eigenvalue weighted by Crippen LogP contribution is -2.42. The molecule has 2 unspecified atom stereocenters. The monoisotopic (exact) mass is 656 g/mol. The van der Waals surface area contributed by atoms with Gasteiger partial charge in [-0.15, -0.1) is 15.9 Å². The Bertz CT molecular complexity index is 1560. The van der Waals surface area contributed by atoms with Crippen molar-refractivity contribution < 1.29 is 33.3 Å². The van der Waals surface area contributed by atoms with E-state index in [1.165, 1.54) is 0 Å². The molecular weight excluding hydrogens is 612 g/mol. The van der Waals surface area contributed by atoms with Gasteiger partial charge in [0, 0.05) is 26.2 Å². The van der Waals surface area contributed by atoms with E-state index in [9.17, 15) is 23.8 Å². The molecule has 1 aromatic heterocycles. The summed E-state index contributed by atoms with van der Waals surface area (Å²) in [5.74, 6) is -0.235. The number of ether oxygens (including phenoxy) is 2. The lowest BCUT2D eigenvalue weighted by Gasteiger charge is -2.42. The fourth-order valence-corrected chi connectivity index (χ4v) is 7.69. The van der Waals surface area contributed by atoms with E-state index in [0.717, 1.165) is 24.0 Å². The zero-order valence-electron chi connectivity index (χ0n) is 26.7. The van der Waals surface area contributed by atoms with E-state index in [2.05, 4.69) is 10.3 Å². The van der Waals surface area contributed by atoms with E-state index in [-0.39, 0.29) is 25.8 Å². The number of urea groups is 1. The normalized spacial score (nSPS) is 20.3. The number of carboxylic acid groups (broad SMARTS) is 1. The number of hydrogen-bond donors (Lipinski definition) is 4. The molecule has 0 spiro atoms. The lowest BCUT2D eigenvalue weighted by molar-refractivity contribution is -0.158. The molecule has 0 saturated carbocycles. The van der Waals surface area contributed by atoms with Crippen LogP contribution in [0.2, 0.25) is 0 Å². The zero-order chi connectivity index (χ0) is 33.2. The number of carbonyl (C=O) groups is 2. The number of hydrogen-bond acceptors (Lipinski definition) is 9. The molecule has 5 N–H and O–H groups in total. The third-order valence-electron chi connectivity index (χ3n) is 8.88. The van der Waals surface area contributed by atoms with Gasteiger partial charge < -0.3 is 25.2 Å². The van der Waals surface area contributed by atoms with Crippen molar-refractivity contribution in [2.45, 2.75) is 77.3 Å². The predicted octanol–water partition coefficient (Wildman–Crippen LogP) is 5.05. The summed E-state index contributed by atoms with van der Waals surface area (Å²) in [5.41, 5.74) is 7.04. The molecule has 2 aromatic carbocycles. The fourth-order valence-electron chi connectivity index (χ4n) is 6.02. The molecule has 13 nitrogen and oxygen atoms in total. The fraction of sp³-hybridized carbons (Fsp3) is 0.500. The Morgan fingerprint density at radius 1 is 1.17 bits per heavy atom. The Morgan fingerprint density at radius 3 is 2.59 bits per heavy atom. The number of primary amides is 1. The maximum absolute atomic E-state index is 12.5. The van der Waals surface area contributed by atoms with Gasteiger partial charge >= 0.3 is 12.0 Å². The number of nitrogens with two attached hydrogens (primary N) is 1. The molecule has 46 heavy (non-hydrogen) atoms. The van der Waals surface area contributed by atoms with Crippen LogP contribution in [0, 0.1) is 18.3 Å². The van der Waals surface area contributed by atoms with Crippen LogP contribution in [0.5, 0.6) is 5.75 Å². The van der Waals surface area contributed by atoms with Crippen LogP contribution in [0.25, 0.3) is 0 Å². The van der Waals surface area contributed by atoms with Gasteiger partial charge in [0.2, 0.25) is 0 Å². The number of fused-ring (bicyclic) bond motifs is 1. The van der Waals surface area contributed by atoms with Gasteiger partial charge in [0.05, 0.1) is 30.9 Å². The molecule has 3 heterocycles. The van der Waals surface area contributed by atoms with Crippen molar-refractivity contribution >= 4 is 22.8 Å². The van der Waals surface area contributed by atoms with Gasteiger partial charge in [-0.05, 0) is 75.3 Å². The third kappa shape index (κ3) is 7.31. The molecule has 5 rings (SSSR count). The molecule has 2 aliphatic rings. The quantitative estimate of drug-likeness (QED) is 0.231. The van der Waals surface area contributed by atoms with Crippen molar-refractivity contribution in [3.63, 3.8) is 0 Å². The van der Waals surface area contributed by atoms with Crippen LogP contribution in [0.15, 0.2) is 53.6 Å². The second-order valence-electron chi connectivity index (χ2n) is 12.8. The number of nitrogens with zero attached hydrogens (tertiary/aromatic N) is 5. The molecular formula is C32H44N6O7S. The highest BCUT2D eigenvalue weighted by molar-refractivity contribution is 8.22. The molecule has 2 amide bonds. The van der Waals surface area contributed by atoms with Crippen LogP contribution < -0.4 is 10.5 Å². The summed E-state index contributed by atoms with van der Waals surface area (Å²) in [7, 11) is -3.36. The number of aliphatic carboxylic acids is 1. The Balaban J connectivity index is 1.33. The molecule has 3 aromatic rings. The van der Waals surface area contributed by atoms with Crippen molar-refractivity contribution in [3.8, 4) is 5.75 Å². The SMILES string of the molecule is Cc1ccc(C(OCc2cn(CC3CCN(C(N)=O)CC3)nn2)C(C)(C)C(=O)O)cc1CN1CC(C)Oc2ccccc2S1(O)O. The number of carboxylic acids is 1. The summed E-state index contributed by atoms with van der Waals surface area (Å²) in [6, 6.07) is 12.2. The number of rotatable bonds is 10. The van der Waals surface area contributed by atoms with Crippen molar-refractivity contribution in [1.29, 1.82) is 0 Å². The number of amides is 2. The highest BCUT2D eigenvalue weighted by Crippen LogP contribution is 2.57. The molecule has 14 heteroatoms. The van der Waals surface area contributed by atoms with Gasteiger partial charge in [-0.3, -0.25) is 18.6 Å². The standard InChI is InChI=1S/C32H44N6O7S/c1-21-9-10-24(15-25(21)18-38-16-22(2)45-27-7-5-6-8-28(27)46(38,42)43)29(32(3,4)30(39)40)44-20-26-19-37(35-34-26)17-23-11-13-36(14-12-23)31(33)41/h5-10,15,19,22-23,29,42-43H,11-14,16-18,20H2,1-4H3,(H2,33,41)(H,39,40). The summed E-state index contributed by atoms with van der Waals surface area (Å²) in [6.07, 6.45) is 2.31. The van der Waals surface area contributed by atoms with Crippen LogP contribution in [-0.2, 0) is 29.2 Å². The van der Waals surface area contributed by atoms with Gasteiger partial charge in [0.1, 0.15) is 22.4 Å². The Kier molecular flexibility index (Phi) is 9.94. The van der Waals surface area contributed by atoms with Crippen molar-refractivity contribution in [2.75, 3.05) is 19.6 Å². The van der Waals surface area contributed by atoms with Crippen molar-refractivity contribution in [3.05, 3.63) is 71.0 Å². The lowest BCUT2D eigenvalue weighted by atomic mass is 9.81. The average Bonchev–Trinajstić information content (AvgIpc) is 3.42. The number of benzene rings is 2. The number of aryl methyl sites for hydroxylation is 1. The first-order valence-corrected chi connectivity index (χ1v) is 16.9. The molecule has 2 atom stereocenters. The number of para-hydroxylation sites is 1. The van der Waals surface area contributed by atoms with Crippen LogP contribution in [0.3, 0.4) is 0 Å². The first kappa shape index (κ1) is 33.7. The maximum atomic E-state index is 12.5. The minimum Gasteiger partial charge on any atom is -0.487 e. The smallest absolute Gasteiger partial charge is 0.314 e. The second kappa shape index (κ2) is 13.6. The molecule has 2 aliphatic heterocycles. The van der Waals surface area contributed by atoms with Crippen LogP contribution in [-0.4, -0.2) is 76.1 Å². The minimum absolute atomic E-state index is 0.0447. The Hall–Kier alpha value is -3.69. The summed E-state index contributed by atoms with van der Waals surface area (Å²) in [4.78, 5) is 25.9. The molecule has 1 saturated heterocycles. The van der Waals surface area contributed by atoms with Gasteiger partial charge in [-0.2, -0.15) is 4.31 Å². The van der Waals surface area contributed by atoms with Crippen LogP contribution in [0.4, 0.5) is 4.79 Å². The maximum Gasteiger partial charge on any atom is 0.314 e. The van der Waals surface area contributed by atoms with Crippen LogP contribution >= 0.6 is 10.8 Å². The first-order valence-electron chi connectivity index (χ1n) is 15.4. The minimum atomic E-state index is -3.36. The van der Waals surface area contributed by atoms with E-state index in [1.54, 1.807) is 58.2 Å². The third-order valence-corrected chi connectivity index (χ3v) is 10.8. The van der Waals surface area contributed by atoms with E-state index >= 15 is 0 Å². The number of carbonyl (C=O) groups excluding carboxylic acids is 1. The van der Waals surface area contributed by atoms with Crippen LogP contribution in [0.1, 0.15) is 62.1 Å². The highest BCUT2D eigenvalue weighted by atomic mass is 32.3.